The molecule has 0 amide bonds. The van der Waals surface area contributed by atoms with Crippen LogP contribution in [0.4, 0.5) is 4.39 Å². The Kier molecular flexibility index (Phi) is 3.63. The van der Waals surface area contributed by atoms with Gasteiger partial charge in [-0.2, -0.15) is 0 Å². The molecule has 0 saturated heterocycles. The summed E-state index contributed by atoms with van der Waals surface area (Å²) in [6.45, 7) is 4.06. The van der Waals surface area contributed by atoms with E-state index in [9.17, 15) is 4.39 Å². The number of alkyl halides is 1. The molecule has 1 atom stereocenters. The van der Waals surface area contributed by atoms with Crippen LogP contribution in [0.5, 0.6) is 0 Å². The van der Waals surface area contributed by atoms with E-state index in [2.05, 4.69) is 10.1 Å². The van der Waals surface area contributed by atoms with Crippen LogP contribution in [0.15, 0.2) is 22.7 Å². The monoisotopic (exact) mass is 327 g/mol. The lowest BCUT2D eigenvalue weighted by Crippen LogP contribution is -2.06. The van der Waals surface area contributed by atoms with E-state index in [1.54, 1.807) is 6.07 Å². The molecule has 110 valence electrons. The highest BCUT2D eigenvalue weighted by molar-refractivity contribution is 6.31. The number of imidazole rings is 1. The first-order valence-corrected chi connectivity index (χ1v) is 7.18. The van der Waals surface area contributed by atoms with Crippen molar-refractivity contribution in [1.29, 1.82) is 0 Å². The number of nitrogens with zero attached hydrogens (tertiary/aromatic N) is 3. The zero-order valence-corrected chi connectivity index (χ0v) is 12.9. The first kappa shape index (κ1) is 14.4. The van der Waals surface area contributed by atoms with Gasteiger partial charge in [-0.1, -0.05) is 16.8 Å². The van der Waals surface area contributed by atoms with Gasteiger partial charge in [0.1, 0.15) is 23.1 Å². The normalized spacial score (nSPS) is 13.0. The molecule has 1 aromatic carbocycles. The molecule has 7 heteroatoms. The van der Waals surface area contributed by atoms with Gasteiger partial charge in [0, 0.05) is 12.1 Å². The molecule has 3 rings (SSSR count). The highest BCUT2D eigenvalue weighted by atomic mass is 35.5. The van der Waals surface area contributed by atoms with Crippen molar-refractivity contribution >= 4 is 34.2 Å². The quantitative estimate of drug-likeness (QED) is 0.666. The van der Waals surface area contributed by atoms with Crippen LogP contribution in [0.3, 0.4) is 0 Å². The van der Waals surface area contributed by atoms with Crippen LogP contribution >= 0.6 is 23.2 Å². The topological polar surface area (TPSA) is 43.9 Å². The summed E-state index contributed by atoms with van der Waals surface area (Å²) in [5, 5.41) is 3.69. The maximum atomic E-state index is 13.6. The standard InChI is InChI=1S/C14H12Cl2FN3O/c1-7-3-9(19-21-7)6-20-13-4-10(16)11(17)5-12(13)18-14(20)8(2)15/h3-5,8H,6H2,1-2H3. The van der Waals surface area contributed by atoms with Crippen LogP contribution < -0.4 is 0 Å². The minimum atomic E-state index is -0.500. The fourth-order valence-electron chi connectivity index (χ4n) is 2.26. The molecule has 0 spiro atoms. The third-order valence-corrected chi connectivity index (χ3v) is 3.66. The van der Waals surface area contributed by atoms with Gasteiger partial charge < -0.3 is 9.09 Å². The fourth-order valence-corrected chi connectivity index (χ4v) is 2.59. The van der Waals surface area contributed by atoms with Crippen LogP contribution in [0, 0.1) is 12.7 Å². The number of aromatic nitrogens is 3. The van der Waals surface area contributed by atoms with Gasteiger partial charge in [0.25, 0.3) is 0 Å². The van der Waals surface area contributed by atoms with Gasteiger partial charge in [0.05, 0.1) is 28.0 Å². The van der Waals surface area contributed by atoms with Crippen molar-refractivity contribution in [3.05, 3.63) is 46.3 Å². The summed E-state index contributed by atoms with van der Waals surface area (Å²) >= 11 is 12.0. The van der Waals surface area contributed by atoms with Crippen LogP contribution in [0.25, 0.3) is 11.0 Å². The average Bonchev–Trinajstić information content (AvgIpc) is 2.96. The molecular weight excluding hydrogens is 316 g/mol. The molecule has 1 unspecified atom stereocenters. The first-order chi connectivity index (χ1) is 9.95. The van der Waals surface area contributed by atoms with Crippen molar-refractivity contribution in [3.8, 4) is 0 Å². The Morgan fingerprint density at radius 1 is 1.38 bits per heavy atom. The molecule has 0 aliphatic rings. The van der Waals surface area contributed by atoms with Crippen molar-refractivity contribution in [1.82, 2.24) is 14.7 Å². The minimum absolute atomic E-state index is 0.0498. The molecular formula is C14H12Cl2FN3O. The van der Waals surface area contributed by atoms with Crippen molar-refractivity contribution in [3.63, 3.8) is 0 Å². The summed E-state index contributed by atoms with van der Waals surface area (Å²) in [4.78, 5) is 4.39. The maximum Gasteiger partial charge on any atom is 0.144 e. The molecule has 0 aliphatic carbocycles. The molecule has 2 aromatic heterocycles. The van der Waals surface area contributed by atoms with E-state index in [1.807, 2.05) is 24.5 Å². The lowest BCUT2D eigenvalue weighted by Gasteiger charge is -2.08. The number of aryl methyl sites for hydroxylation is 1. The number of rotatable bonds is 3. The summed E-state index contributed by atoms with van der Waals surface area (Å²) in [5.41, 5.74) is 1.97. The Bertz CT molecular complexity index is 810. The van der Waals surface area contributed by atoms with Gasteiger partial charge in [-0.05, 0) is 19.9 Å². The minimum Gasteiger partial charge on any atom is -0.361 e. The molecule has 0 N–H and O–H groups in total. The summed E-state index contributed by atoms with van der Waals surface area (Å²) in [6.07, 6.45) is 0. The zero-order chi connectivity index (χ0) is 15.1. The molecule has 2 heterocycles. The van der Waals surface area contributed by atoms with E-state index in [0.29, 0.717) is 23.4 Å². The smallest absolute Gasteiger partial charge is 0.144 e. The largest absolute Gasteiger partial charge is 0.361 e. The highest BCUT2D eigenvalue weighted by Crippen LogP contribution is 2.28. The third kappa shape index (κ3) is 2.63. The van der Waals surface area contributed by atoms with E-state index in [4.69, 9.17) is 27.7 Å². The Balaban J connectivity index is 2.17. The number of hydrogen-bond acceptors (Lipinski definition) is 3. The van der Waals surface area contributed by atoms with Gasteiger partial charge in [-0.25, -0.2) is 9.37 Å². The predicted molar refractivity (Wildman–Crippen MR) is 79.3 cm³/mol. The lowest BCUT2D eigenvalue weighted by atomic mass is 10.3. The van der Waals surface area contributed by atoms with E-state index in [0.717, 1.165) is 11.5 Å². The molecule has 0 fully saturated rings. The van der Waals surface area contributed by atoms with Crippen molar-refractivity contribution in [2.75, 3.05) is 0 Å². The summed E-state index contributed by atoms with van der Waals surface area (Å²) in [6, 6.07) is 4.69. The maximum absolute atomic E-state index is 13.6. The van der Waals surface area contributed by atoms with Gasteiger partial charge >= 0.3 is 0 Å². The van der Waals surface area contributed by atoms with Crippen LogP contribution in [-0.2, 0) is 6.54 Å². The molecule has 0 bridgehead atoms. The van der Waals surface area contributed by atoms with E-state index in [-0.39, 0.29) is 10.4 Å². The lowest BCUT2D eigenvalue weighted by molar-refractivity contribution is 0.389. The van der Waals surface area contributed by atoms with Crippen molar-refractivity contribution in [2.45, 2.75) is 25.8 Å². The number of halogens is 3. The third-order valence-electron chi connectivity index (χ3n) is 3.17. The summed E-state index contributed by atoms with van der Waals surface area (Å²) in [7, 11) is 0. The number of fused-ring (bicyclic) bond motifs is 1. The zero-order valence-electron chi connectivity index (χ0n) is 11.4. The van der Waals surface area contributed by atoms with Crippen molar-refractivity contribution < 1.29 is 8.91 Å². The fraction of sp³-hybridized carbons (Fsp3) is 0.286. The number of benzene rings is 1. The van der Waals surface area contributed by atoms with Gasteiger partial charge in [-0.15, -0.1) is 11.6 Å². The predicted octanol–water partition coefficient (Wildman–Crippen LogP) is 4.47. The Hall–Kier alpha value is -1.59. The van der Waals surface area contributed by atoms with E-state index in [1.165, 1.54) is 6.07 Å². The van der Waals surface area contributed by atoms with Crippen LogP contribution in [0.1, 0.15) is 29.6 Å². The van der Waals surface area contributed by atoms with Crippen LogP contribution in [0.2, 0.25) is 5.02 Å². The molecule has 4 nitrogen and oxygen atoms in total. The number of hydrogen-bond donors (Lipinski definition) is 0. The molecule has 21 heavy (non-hydrogen) atoms. The molecule has 3 aromatic rings. The Labute approximate surface area is 130 Å². The van der Waals surface area contributed by atoms with Gasteiger partial charge in [0.15, 0.2) is 0 Å². The van der Waals surface area contributed by atoms with Crippen molar-refractivity contribution in [2.24, 2.45) is 0 Å². The Morgan fingerprint density at radius 3 is 2.76 bits per heavy atom. The van der Waals surface area contributed by atoms with E-state index >= 15 is 0 Å². The Morgan fingerprint density at radius 2 is 2.14 bits per heavy atom. The van der Waals surface area contributed by atoms with Gasteiger partial charge in [-0.3, -0.25) is 0 Å². The SMILES string of the molecule is Cc1cc(Cn2c(C(C)Cl)nc3cc(F)c(Cl)cc32)no1. The van der Waals surface area contributed by atoms with E-state index < -0.39 is 5.82 Å². The second-order valence-electron chi connectivity index (χ2n) is 4.86. The first-order valence-electron chi connectivity index (χ1n) is 6.37. The second kappa shape index (κ2) is 5.31. The summed E-state index contributed by atoms with van der Waals surface area (Å²) in [5.74, 6) is 0.854. The molecule has 0 radical (unpaired) electrons. The molecule has 0 saturated carbocycles. The second-order valence-corrected chi connectivity index (χ2v) is 5.92. The average molecular weight is 328 g/mol. The van der Waals surface area contributed by atoms with Crippen LogP contribution in [-0.4, -0.2) is 14.7 Å². The highest BCUT2D eigenvalue weighted by Gasteiger charge is 2.18. The molecule has 0 aliphatic heterocycles. The summed E-state index contributed by atoms with van der Waals surface area (Å²) < 4.78 is 20.5. The van der Waals surface area contributed by atoms with Gasteiger partial charge in [0.2, 0.25) is 0 Å².